The Bertz CT molecular complexity index is 1220. The van der Waals surface area contributed by atoms with Crippen molar-refractivity contribution in [3.05, 3.63) is 53.1 Å². The number of anilines is 1. The number of nitrogens with zero attached hydrogens (tertiary/aromatic N) is 8. The van der Waals surface area contributed by atoms with Crippen LogP contribution in [0.3, 0.4) is 0 Å². The normalized spacial score (nSPS) is 20.1. The third-order valence-electron chi connectivity index (χ3n) is 7.56. The summed E-state index contributed by atoms with van der Waals surface area (Å²) in [7, 11) is 0. The lowest BCUT2D eigenvalue weighted by atomic mass is 9.86. The Balaban J connectivity index is 1.17. The highest BCUT2D eigenvalue weighted by Gasteiger charge is 2.35. The highest BCUT2D eigenvalue weighted by Crippen LogP contribution is 2.35. The molecule has 1 N–H and O–H groups in total. The standard InChI is InChI=1S/C25H32N8O3/c1-4-31(13-22(34)19-5-6-20-21(17(19)2)14-36-23(20)35)9-7-25(3)8-10-32(15-25)24-26-11-18(12-27-24)33-16-28-29-30-33/h5-6,11-12,16,22,34H,4,7-10,13-15H2,1-3H3/t22-,25?/m0/s1. The number of cyclic esters (lactones) is 1. The van der Waals surface area contributed by atoms with Gasteiger partial charge in [0.05, 0.1) is 24.1 Å². The fourth-order valence-electron chi connectivity index (χ4n) is 5.15. The Morgan fingerprint density at radius 2 is 2.08 bits per heavy atom. The number of rotatable bonds is 9. The summed E-state index contributed by atoms with van der Waals surface area (Å²) in [5.41, 5.74) is 4.19. The number of esters is 1. The first-order valence-electron chi connectivity index (χ1n) is 12.4. The minimum Gasteiger partial charge on any atom is -0.457 e. The van der Waals surface area contributed by atoms with Crippen LogP contribution in [0.2, 0.25) is 0 Å². The Morgan fingerprint density at radius 3 is 2.81 bits per heavy atom. The minimum absolute atomic E-state index is 0.136. The van der Waals surface area contributed by atoms with E-state index in [0.29, 0.717) is 18.1 Å². The number of aliphatic hydroxyl groups is 1. The molecule has 5 rings (SSSR count). The molecule has 190 valence electrons. The van der Waals surface area contributed by atoms with Gasteiger partial charge in [-0.05, 0) is 65.9 Å². The average Bonchev–Trinajstić information content (AvgIpc) is 3.64. The van der Waals surface area contributed by atoms with Crippen molar-refractivity contribution in [2.75, 3.05) is 37.6 Å². The minimum atomic E-state index is -0.620. The highest BCUT2D eigenvalue weighted by atomic mass is 16.5. The molecule has 11 heteroatoms. The summed E-state index contributed by atoms with van der Waals surface area (Å²) >= 11 is 0. The van der Waals surface area contributed by atoms with Gasteiger partial charge in [0.1, 0.15) is 18.6 Å². The van der Waals surface area contributed by atoms with Crippen molar-refractivity contribution in [1.82, 2.24) is 35.1 Å². The lowest BCUT2D eigenvalue weighted by molar-refractivity contribution is 0.0535. The summed E-state index contributed by atoms with van der Waals surface area (Å²) < 4.78 is 6.69. The molecular weight excluding hydrogens is 460 g/mol. The number of fused-ring (bicyclic) bond motifs is 1. The van der Waals surface area contributed by atoms with Gasteiger partial charge >= 0.3 is 5.97 Å². The van der Waals surface area contributed by atoms with E-state index in [0.717, 1.165) is 61.4 Å². The molecule has 2 aliphatic rings. The number of carbonyl (C=O) groups excluding carboxylic acids is 1. The molecule has 0 radical (unpaired) electrons. The number of benzene rings is 1. The van der Waals surface area contributed by atoms with Crippen LogP contribution in [0.15, 0.2) is 30.9 Å². The molecule has 1 unspecified atom stereocenters. The lowest BCUT2D eigenvalue weighted by Gasteiger charge is -2.30. The summed E-state index contributed by atoms with van der Waals surface area (Å²) in [5, 5.41) is 22.2. The zero-order chi connectivity index (χ0) is 25.3. The van der Waals surface area contributed by atoms with Crippen molar-refractivity contribution in [1.29, 1.82) is 0 Å². The van der Waals surface area contributed by atoms with E-state index in [1.165, 1.54) is 11.0 Å². The van der Waals surface area contributed by atoms with Crippen LogP contribution in [-0.4, -0.2) is 78.9 Å². The Labute approximate surface area is 210 Å². The second kappa shape index (κ2) is 9.90. The van der Waals surface area contributed by atoms with E-state index >= 15 is 0 Å². The maximum atomic E-state index is 11.8. The summed E-state index contributed by atoms with van der Waals surface area (Å²) in [6.45, 7) is 10.8. The van der Waals surface area contributed by atoms with Crippen molar-refractivity contribution in [2.24, 2.45) is 5.41 Å². The van der Waals surface area contributed by atoms with Crippen LogP contribution in [-0.2, 0) is 11.3 Å². The number of likely N-dealkylation sites (N-methyl/N-ethyl adjacent to an activating group) is 1. The van der Waals surface area contributed by atoms with Crippen molar-refractivity contribution < 1.29 is 14.6 Å². The van der Waals surface area contributed by atoms with Gasteiger partial charge in [-0.3, -0.25) is 0 Å². The second-order valence-corrected chi connectivity index (χ2v) is 10.0. The van der Waals surface area contributed by atoms with Gasteiger partial charge in [-0.2, -0.15) is 4.68 Å². The van der Waals surface area contributed by atoms with Crippen LogP contribution in [0.5, 0.6) is 0 Å². The molecule has 1 saturated heterocycles. The van der Waals surface area contributed by atoms with Crippen molar-refractivity contribution in [3.8, 4) is 5.69 Å². The number of aliphatic hydroxyl groups excluding tert-OH is 1. The zero-order valence-corrected chi connectivity index (χ0v) is 21.0. The van der Waals surface area contributed by atoms with E-state index < -0.39 is 6.10 Å². The predicted molar refractivity (Wildman–Crippen MR) is 132 cm³/mol. The molecule has 0 bridgehead atoms. The number of tetrazole rings is 1. The summed E-state index contributed by atoms with van der Waals surface area (Å²) in [4.78, 5) is 25.4. The van der Waals surface area contributed by atoms with Gasteiger partial charge in [-0.25, -0.2) is 14.8 Å². The average molecular weight is 493 g/mol. The SMILES string of the molecule is CCN(CCC1(C)CCN(c2ncc(-n3cnnn3)cn2)C1)C[C@H](O)c1ccc2c(c1C)COC2=O. The molecule has 1 aromatic carbocycles. The van der Waals surface area contributed by atoms with Gasteiger partial charge in [0.15, 0.2) is 0 Å². The molecule has 0 aliphatic carbocycles. The Morgan fingerprint density at radius 1 is 1.28 bits per heavy atom. The summed E-state index contributed by atoms with van der Waals surface area (Å²) in [6, 6.07) is 3.64. The van der Waals surface area contributed by atoms with Crippen LogP contribution >= 0.6 is 0 Å². The first-order valence-corrected chi connectivity index (χ1v) is 12.4. The van der Waals surface area contributed by atoms with Crippen molar-refractivity contribution in [2.45, 2.75) is 46.3 Å². The number of carbonyl (C=O) groups is 1. The molecular formula is C25H32N8O3. The molecule has 2 aromatic heterocycles. The van der Waals surface area contributed by atoms with Crippen LogP contribution in [0.25, 0.3) is 5.69 Å². The highest BCUT2D eigenvalue weighted by molar-refractivity contribution is 5.93. The fourth-order valence-corrected chi connectivity index (χ4v) is 5.15. The third kappa shape index (κ3) is 4.80. The van der Waals surface area contributed by atoms with Gasteiger partial charge in [0.2, 0.25) is 5.95 Å². The molecule has 1 fully saturated rings. The molecule has 3 aromatic rings. The topological polar surface area (TPSA) is 122 Å². The van der Waals surface area contributed by atoms with Crippen LogP contribution in [0.1, 0.15) is 59.8 Å². The molecule has 0 spiro atoms. The number of aromatic nitrogens is 6. The summed E-state index contributed by atoms with van der Waals surface area (Å²) in [6.07, 6.45) is 6.44. The molecule has 2 atom stereocenters. The van der Waals surface area contributed by atoms with Crippen LogP contribution < -0.4 is 4.90 Å². The van der Waals surface area contributed by atoms with E-state index in [4.69, 9.17) is 4.74 Å². The second-order valence-electron chi connectivity index (χ2n) is 10.0. The first kappa shape index (κ1) is 24.3. The lowest BCUT2D eigenvalue weighted by Crippen LogP contribution is -2.34. The van der Waals surface area contributed by atoms with Crippen LogP contribution in [0.4, 0.5) is 5.95 Å². The maximum Gasteiger partial charge on any atom is 0.338 e. The van der Waals surface area contributed by atoms with E-state index in [1.807, 2.05) is 13.0 Å². The molecule has 4 heterocycles. The number of hydrogen-bond donors (Lipinski definition) is 1. The van der Waals surface area contributed by atoms with Gasteiger partial charge in [0, 0.05) is 25.2 Å². The molecule has 36 heavy (non-hydrogen) atoms. The molecule has 0 amide bonds. The molecule has 0 saturated carbocycles. The van der Waals surface area contributed by atoms with E-state index in [2.05, 4.69) is 49.1 Å². The van der Waals surface area contributed by atoms with E-state index in [-0.39, 0.29) is 18.0 Å². The predicted octanol–water partition coefficient (Wildman–Crippen LogP) is 2.09. The Hall–Kier alpha value is -3.44. The van der Waals surface area contributed by atoms with Gasteiger partial charge in [-0.1, -0.05) is 19.9 Å². The smallest absolute Gasteiger partial charge is 0.338 e. The number of ether oxygens (including phenoxy) is 1. The fraction of sp³-hybridized carbons (Fsp3) is 0.520. The van der Waals surface area contributed by atoms with Crippen LogP contribution in [0, 0.1) is 12.3 Å². The Kier molecular flexibility index (Phi) is 6.67. The zero-order valence-electron chi connectivity index (χ0n) is 21.0. The summed E-state index contributed by atoms with van der Waals surface area (Å²) in [5.74, 6) is 0.435. The largest absolute Gasteiger partial charge is 0.457 e. The van der Waals surface area contributed by atoms with Gasteiger partial charge in [-0.15, -0.1) is 5.10 Å². The van der Waals surface area contributed by atoms with E-state index in [9.17, 15) is 9.90 Å². The number of hydrogen-bond acceptors (Lipinski definition) is 10. The van der Waals surface area contributed by atoms with Gasteiger partial charge in [0.25, 0.3) is 0 Å². The van der Waals surface area contributed by atoms with E-state index in [1.54, 1.807) is 18.5 Å². The van der Waals surface area contributed by atoms with Crippen molar-refractivity contribution in [3.63, 3.8) is 0 Å². The molecule has 2 aliphatic heterocycles. The molecule has 11 nitrogen and oxygen atoms in total. The first-order chi connectivity index (χ1) is 17.4. The third-order valence-corrected chi connectivity index (χ3v) is 7.56. The van der Waals surface area contributed by atoms with Gasteiger partial charge < -0.3 is 19.6 Å². The quantitative estimate of drug-likeness (QED) is 0.444. The maximum absolute atomic E-state index is 11.8. The van der Waals surface area contributed by atoms with Crippen molar-refractivity contribution >= 4 is 11.9 Å². The monoisotopic (exact) mass is 492 g/mol.